The van der Waals surface area contributed by atoms with Crippen LogP contribution in [0.15, 0.2) is 12.7 Å². The zero-order chi connectivity index (χ0) is 15.2. The number of amides is 1. The van der Waals surface area contributed by atoms with Gasteiger partial charge >= 0.3 is 18.0 Å². The highest BCUT2D eigenvalue weighted by Gasteiger charge is 2.35. The van der Waals surface area contributed by atoms with Crippen LogP contribution in [-0.4, -0.2) is 39.9 Å². The van der Waals surface area contributed by atoms with E-state index in [0.29, 0.717) is 0 Å². The van der Waals surface area contributed by atoms with E-state index < -0.39 is 35.6 Å². The van der Waals surface area contributed by atoms with Crippen LogP contribution in [0, 0.1) is 5.92 Å². The molecule has 0 aromatic rings. The second kappa shape index (κ2) is 6.77. The number of nitrogens with one attached hydrogen (secondary N) is 1. The number of alkyl carbamates (subject to hydrolysis) is 1. The van der Waals surface area contributed by atoms with Gasteiger partial charge in [-0.15, -0.1) is 6.58 Å². The molecule has 2 atom stereocenters. The summed E-state index contributed by atoms with van der Waals surface area (Å²) in [6.45, 7) is 8.20. The lowest BCUT2D eigenvalue weighted by Gasteiger charge is -2.24. The molecule has 108 valence electrons. The molecule has 0 aliphatic rings. The van der Waals surface area contributed by atoms with Crippen molar-refractivity contribution in [3.05, 3.63) is 12.7 Å². The second-order valence-corrected chi connectivity index (χ2v) is 4.93. The number of carboxylic acid groups (broad SMARTS) is 2. The van der Waals surface area contributed by atoms with Gasteiger partial charge in [-0.1, -0.05) is 6.08 Å². The average Bonchev–Trinajstić information content (AvgIpc) is 2.19. The van der Waals surface area contributed by atoms with Crippen LogP contribution >= 0.6 is 0 Å². The minimum Gasteiger partial charge on any atom is -0.481 e. The van der Waals surface area contributed by atoms with Crippen LogP contribution in [0.1, 0.15) is 27.2 Å². The molecule has 0 bridgehead atoms. The predicted octanol–water partition coefficient (Wildman–Crippen LogP) is 1.24. The molecule has 0 fully saturated rings. The number of rotatable bonds is 6. The van der Waals surface area contributed by atoms with Gasteiger partial charge < -0.3 is 20.3 Å². The van der Waals surface area contributed by atoms with Crippen LogP contribution in [0.2, 0.25) is 0 Å². The third-order valence-corrected chi connectivity index (χ3v) is 2.08. The van der Waals surface area contributed by atoms with Crippen molar-refractivity contribution in [3.8, 4) is 0 Å². The molecule has 0 aliphatic heterocycles. The summed E-state index contributed by atoms with van der Waals surface area (Å²) in [5.74, 6) is -4.08. The molecule has 0 radical (unpaired) electrons. The molecule has 0 rings (SSSR count). The van der Waals surface area contributed by atoms with Gasteiger partial charge in [-0.2, -0.15) is 0 Å². The second-order valence-electron chi connectivity index (χ2n) is 4.93. The highest BCUT2D eigenvalue weighted by molar-refractivity contribution is 5.86. The fraction of sp³-hybridized carbons (Fsp3) is 0.583. The van der Waals surface area contributed by atoms with Gasteiger partial charge in [-0.05, 0) is 27.2 Å². The summed E-state index contributed by atoms with van der Waals surface area (Å²) in [6.07, 6.45) is 0.225. The topological polar surface area (TPSA) is 113 Å². The summed E-state index contributed by atoms with van der Waals surface area (Å²) in [4.78, 5) is 33.5. The predicted molar refractivity (Wildman–Crippen MR) is 66.7 cm³/mol. The largest absolute Gasteiger partial charge is 0.481 e. The van der Waals surface area contributed by atoms with E-state index in [1.807, 2.05) is 5.32 Å². The fourth-order valence-electron chi connectivity index (χ4n) is 1.33. The van der Waals surface area contributed by atoms with Crippen LogP contribution in [0.4, 0.5) is 4.79 Å². The maximum absolute atomic E-state index is 11.5. The first-order valence-corrected chi connectivity index (χ1v) is 5.64. The van der Waals surface area contributed by atoms with Crippen LogP contribution in [0.3, 0.4) is 0 Å². The van der Waals surface area contributed by atoms with Gasteiger partial charge in [-0.25, -0.2) is 9.59 Å². The quantitative estimate of drug-likeness (QED) is 0.627. The molecule has 0 spiro atoms. The van der Waals surface area contributed by atoms with Crippen molar-refractivity contribution in [2.45, 2.75) is 38.8 Å². The number of carbonyl (C=O) groups excluding carboxylic acids is 1. The molecule has 3 N–H and O–H groups in total. The van der Waals surface area contributed by atoms with E-state index in [9.17, 15) is 14.4 Å². The number of ether oxygens (including phenoxy) is 1. The van der Waals surface area contributed by atoms with E-state index in [2.05, 4.69) is 6.58 Å². The Morgan fingerprint density at radius 1 is 1.26 bits per heavy atom. The summed E-state index contributed by atoms with van der Waals surface area (Å²) >= 11 is 0. The van der Waals surface area contributed by atoms with Crippen LogP contribution in [-0.2, 0) is 14.3 Å². The van der Waals surface area contributed by atoms with Crippen molar-refractivity contribution >= 4 is 18.0 Å². The molecular weight excluding hydrogens is 254 g/mol. The van der Waals surface area contributed by atoms with Crippen LogP contribution < -0.4 is 5.32 Å². The van der Waals surface area contributed by atoms with Crippen molar-refractivity contribution in [1.29, 1.82) is 0 Å². The Morgan fingerprint density at radius 3 is 2.11 bits per heavy atom. The van der Waals surface area contributed by atoms with Crippen molar-refractivity contribution in [2.24, 2.45) is 5.92 Å². The highest BCUT2D eigenvalue weighted by Crippen LogP contribution is 2.13. The number of carboxylic acids is 2. The first kappa shape index (κ1) is 16.9. The number of allylic oxidation sites excluding steroid dienone is 1. The van der Waals surface area contributed by atoms with Crippen molar-refractivity contribution in [2.75, 3.05) is 0 Å². The Balaban J connectivity index is 4.91. The average molecular weight is 273 g/mol. The third kappa shape index (κ3) is 6.44. The lowest BCUT2D eigenvalue weighted by Crippen LogP contribution is -2.49. The Labute approximate surface area is 111 Å². The van der Waals surface area contributed by atoms with Crippen molar-refractivity contribution < 1.29 is 29.3 Å². The molecule has 1 amide bonds. The minimum atomic E-state index is -1.58. The normalized spacial score (nSPS) is 14.1. The molecule has 0 saturated carbocycles. The minimum absolute atomic E-state index is 0.0813. The molecule has 19 heavy (non-hydrogen) atoms. The maximum atomic E-state index is 11.5. The first-order valence-electron chi connectivity index (χ1n) is 5.64. The molecule has 0 saturated heterocycles. The molecule has 0 aromatic carbocycles. The number of aliphatic carboxylic acids is 2. The van der Waals surface area contributed by atoms with Crippen molar-refractivity contribution in [3.63, 3.8) is 0 Å². The summed E-state index contributed by atoms with van der Waals surface area (Å²) < 4.78 is 4.89. The van der Waals surface area contributed by atoms with Gasteiger partial charge in [0.05, 0.1) is 5.92 Å². The van der Waals surface area contributed by atoms with E-state index in [1.165, 1.54) is 6.08 Å². The fourth-order valence-corrected chi connectivity index (χ4v) is 1.33. The molecule has 1 unspecified atom stereocenters. The van der Waals surface area contributed by atoms with Gasteiger partial charge in [-0.3, -0.25) is 4.79 Å². The molecule has 0 aliphatic carbocycles. The van der Waals surface area contributed by atoms with E-state index in [0.717, 1.165) is 0 Å². The zero-order valence-electron chi connectivity index (χ0n) is 11.2. The van der Waals surface area contributed by atoms with Gasteiger partial charge in [0, 0.05) is 0 Å². The van der Waals surface area contributed by atoms with Gasteiger partial charge in [0.2, 0.25) is 0 Å². The van der Waals surface area contributed by atoms with Gasteiger partial charge in [0.15, 0.2) is 0 Å². The summed E-state index contributed by atoms with van der Waals surface area (Å²) in [5.41, 5.74) is -0.801. The molecule has 7 nitrogen and oxygen atoms in total. The van der Waals surface area contributed by atoms with E-state index >= 15 is 0 Å². The smallest absolute Gasteiger partial charge is 0.408 e. The standard InChI is InChI=1S/C12H19NO6/c1-5-6-7(9(14)15)8(10(16)17)13-11(18)19-12(2,3)4/h5,7-8H,1,6H2,2-4H3,(H,13,18)(H,14,15)(H,16,17)/t7?,8-/m1/s1. The van der Waals surface area contributed by atoms with Gasteiger partial charge in [0.25, 0.3) is 0 Å². The first-order chi connectivity index (χ1) is 8.58. The summed E-state index contributed by atoms with van der Waals surface area (Å²) in [5, 5.41) is 20.0. The molecule has 7 heteroatoms. The Kier molecular flexibility index (Phi) is 6.04. The van der Waals surface area contributed by atoms with Crippen molar-refractivity contribution in [1.82, 2.24) is 5.32 Å². The summed E-state index contributed by atoms with van der Waals surface area (Å²) in [6, 6.07) is -1.58. The van der Waals surface area contributed by atoms with Gasteiger partial charge in [0.1, 0.15) is 11.6 Å². The third-order valence-electron chi connectivity index (χ3n) is 2.08. The van der Waals surface area contributed by atoms with E-state index in [1.54, 1.807) is 20.8 Å². The van der Waals surface area contributed by atoms with E-state index in [-0.39, 0.29) is 6.42 Å². The number of hydrogen-bond acceptors (Lipinski definition) is 4. The van der Waals surface area contributed by atoms with E-state index in [4.69, 9.17) is 14.9 Å². The SMILES string of the molecule is C=CCC(C(=O)O)[C@@H](NC(=O)OC(C)(C)C)C(=O)O. The highest BCUT2D eigenvalue weighted by atomic mass is 16.6. The zero-order valence-corrected chi connectivity index (χ0v) is 11.2. The Hall–Kier alpha value is -2.05. The lowest BCUT2D eigenvalue weighted by molar-refractivity contribution is -0.150. The maximum Gasteiger partial charge on any atom is 0.408 e. The monoisotopic (exact) mass is 273 g/mol. The lowest BCUT2D eigenvalue weighted by atomic mass is 9.96. The Morgan fingerprint density at radius 2 is 1.79 bits per heavy atom. The van der Waals surface area contributed by atoms with Crippen LogP contribution in [0.25, 0.3) is 0 Å². The molecule has 0 heterocycles. The summed E-state index contributed by atoms with van der Waals surface area (Å²) in [7, 11) is 0. The Bertz CT molecular complexity index is 371. The molecule has 0 aromatic heterocycles. The number of carbonyl (C=O) groups is 3. The molecular formula is C12H19NO6. The van der Waals surface area contributed by atoms with Crippen LogP contribution in [0.5, 0.6) is 0 Å². The number of hydrogen-bond donors (Lipinski definition) is 3.